The predicted molar refractivity (Wildman–Crippen MR) is 82.5 cm³/mol. The van der Waals surface area contributed by atoms with Crippen molar-refractivity contribution in [2.45, 2.75) is 52.4 Å². The van der Waals surface area contributed by atoms with Crippen LogP contribution >= 0.6 is 0 Å². The van der Waals surface area contributed by atoms with E-state index in [-0.39, 0.29) is 5.97 Å². The van der Waals surface area contributed by atoms with Gasteiger partial charge in [-0.2, -0.15) is 0 Å². The van der Waals surface area contributed by atoms with Gasteiger partial charge in [0.05, 0.1) is 33.0 Å². The van der Waals surface area contributed by atoms with Crippen molar-refractivity contribution in [1.29, 1.82) is 0 Å². The number of esters is 1. The minimum Gasteiger partial charge on any atom is -0.463 e. The summed E-state index contributed by atoms with van der Waals surface area (Å²) < 4.78 is 21.1. The molecule has 0 rings (SSSR count). The molecule has 0 aromatic heterocycles. The average Bonchev–Trinajstić information content (AvgIpc) is 2.48. The van der Waals surface area contributed by atoms with E-state index in [1.807, 2.05) is 6.92 Å². The first kappa shape index (κ1) is 20.3. The van der Waals surface area contributed by atoms with E-state index in [0.717, 1.165) is 19.4 Å². The molecule has 21 heavy (non-hydrogen) atoms. The molecule has 0 aliphatic carbocycles. The van der Waals surface area contributed by atoms with E-state index in [1.54, 1.807) is 0 Å². The second-order valence-electron chi connectivity index (χ2n) is 4.87. The smallest absolute Gasteiger partial charge is 0.305 e. The monoisotopic (exact) mass is 304 g/mol. The highest BCUT2D eigenvalue weighted by atomic mass is 16.6. The van der Waals surface area contributed by atoms with Crippen LogP contribution in [0.15, 0.2) is 0 Å². The molecule has 126 valence electrons. The van der Waals surface area contributed by atoms with Crippen molar-refractivity contribution in [3.8, 4) is 0 Å². The average molecular weight is 304 g/mol. The van der Waals surface area contributed by atoms with Crippen molar-refractivity contribution in [3.05, 3.63) is 0 Å². The fourth-order valence-electron chi connectivity index (χ4n) is 1.66. The van der Waals surface area contributed by atoms with Crippen LogP contribution in [-0.4, -0.2) is 52.2 Å². The van der Waals surface area contributed by atoms with Crippen molar-refractivity contribution >= 4 is 5.97 Å². The molecule has 0 aromatic carbocycles. The van der Waals surface area contributed by atoms with Crippen LogP contribution in [0.25, 0.3) is 0 Å². The third kappa shape index (κ3) is 17.3. The maximum absolute atomic E-state index is 11.0. The summed E-state index contributed by atoms with van der Waals surface area (Å²) >= 11 is 0. The Hall–Kier alpha value is -0.650. The molecule has 0 saturated heterocycles. The van der Waals surface area contributed by atoms with E-state index in [4.69, 9.17) is 18.9 Å². The van der Waals surface area contributed by atoms with Gasteiger partial charge in [0.15, 0.2) is 0 Å². The largest absolute Gasteiger partial charge is 0.463 e. The molecule has 0 atom stereocenters. The van der Waals surface area contributed by atoms with Gasteiger partial charge in [-0.25, -0.2) is 0 Å². The number of hydrogen-bond acceptors (Lipinski definition) is 5. The van der Waals surface area contributed by atoms with Gasteiger partial charge in [0.25, 0.3) is 0 Å². The molecule has 5 heteroatoms. The standard InChI is InChI=1S/C16H32O5/c1-3-5-6-7-9-18-10-11-19-12-13-20-14-15-21-16(17)8-4-2/h3-15H2,1-2H3. The van der Waals surface area contributed by atoms with Gasteiger partial charge >= 0.3 is 5.97 Å². The van der Waals surface area contributed by atoms with Gasteiger partial charge in [-0.3, -0.25) is 4.79 Å². The second kappa shape index (κ2) is 17.4. The Morgan fingerprint density at radius 2 is 1.24 bits per heavy atom. The first-order valence-electron chi connectivity index (χ1n) is 8.20. The Kier molecular flexibility index (Phi) is 16.9. The molecule has 0 spiro atoms. The molecule has 0 unspecified atom stereocenters. The summed E-state index contributed by atoms with van der Waals surface area (Å²) in [4.78, 5) is 11.0. The first-order chi connectivity index (χ1) is 10.3. The van der Waals surface area contributed by atoms with Crippen molar-refractivity contribution in [2.24, 2.45) is 0 Å². The van der Waals surface area contributed by atoms with Gasteiger partial charge in [-0.1, -0.05) is 33.1 Å². The number of carbonyl (C=O) groups excluding carboxylic acids is 1. The van der Waals surface area contributed by atoms with Gasteiger partial charge < -0.3 is 18.9 Å². The van der Waals surface area contributed by atoms with Crippen molar-refractivity contribution in [1.82, 2.24) is 0 Å². The molecule has 5 nitrogen and oxygen atoms in total. The molecule has 0 saturated carbocycles. The zero-order valence-corrected chi connectivity index (χ0v) is 13.7. The van der Waals surface area contributed by atoms with Gasteiger partial charge in [0.1, 0.15) is 6.61 Å². The molecular formula is C16H32O5. The minimum absolute atomic E-state index is 0.159. The highest BCUT2D eigenvalue weighted by molar-refractivity contribution is 5.69. The Bertz CT molecular complexity index is 221. The Labute approximate surface area is 129 Å². The SMILES string of the molecule is CCCCCCOCCOCCOCCOC(=O)CCC. The molecule has 0 aliphatic rings. The normalized spacial score (nSPS) is 10.8. The lowest BCUT2D eigenvalue weighted by Gasteiger charge is -2.07. The summed E-state index contributed by atoms with van der Waals surface area (Å²) in [7, 11) is 0. The van der Waals surface area contributed by atoms with E-state index in [1.165, 1.54) is 19.3 Å². The van der Waals surface area contributed by atoms with Crippen LogP contribution in [-0.2, 0) is 23.7 Å². The van der Waals surface area contributed by atoms with Crippen LogP contribution in [0.3, 0.4) is 0 Å². The van der Waals surface area contributed by atoms with Crippen LogP contribution < -0.4 is 0 Å². The second-order valence-corrected chi connectivity index (χ2v) is 4.87. The summed E-state index contributed by atoms with van der Waals surface area (Å²) in [5.74, 6) is -0.159. The molecule has 0 aromatic rings. The minimum atomic E-state index is -0.159. The Balaban J connectivity index is 3.01. The highest BCUT2D eigenvalue weighted by Gasteiger charge is 1.99. The molecule has 0 amide bonds. The van der Waals surface area contributed by atoms with Crippen LogP contribution in [0.5, 0.6) is 0 Å². The fourth-order valence-corrected chi connectivity index (χ4v) is 1.66. The molecule has 0 bridgehead atoms. The van der Waals surface area contributed by atoms with E-state index in [0.29, 0.717) is 46.1 Å². The first-order valence-corrected chi connectivity index (χ1v) is 8.20. The van der Waals surface area contributed by atoms with E-state index in [9.17, 15) is 4.79 Å². The number of ether oxygens (including phenoxy) is 4. The highest BCUT2D eigenvalue weighted by Crippen LogP contribution is 1.98. The van der Waals surface area contributed by atoms with Gasteiger partial charge in [0.2, 0.25) is 0 Å². The molecule has 0 heterocycles. The van der Waals surface area contributed by atoms with Gasteiger partial charge in [0, 0.05) is 13.0 Å². The van der Waals surface area contributed by atoms with E-state index < -0.39 is 0 Å². The maximum Gasteiger partial charge on any atom is 0.305 e. The van der Waals surface area contributed by atoms with Crippen molar-refractivity contribution in [2.75, 3.05) is 46.2 Å². The quantitative estimate of drug-likeness (QED) is 0.324. The van der Waals surface area contributed by atoms with E-state index in [2.05, 4.69) is 6.92 Å². The number of rotatable bonds is 16. The van der Waals surface area contributed by atoms with E-state index >= 15 is 0 Å². The summed E-state index contributed by atoms with van der Waals surface area (Å²) in [6.45, 7) is 8.01. The fraction of sp³-hybridized carbons (Fsp3) is 0.938. The van der Waals surface area contributed by atoms with Crippen molar-refractivity contribution in [3.63, 3.8) is 0 Å². The van der Waals surface area contributed by atoms with Gasteiger partial charge in [-0.05, 0) is 12.8 Å². The third-order valence-corrected chi connectivity index (χ3v) is 2.83. The van der Waals surface area contributed by atoms with Crippen molar-refractivity contribution < 1.29 is 23.7 Å². The number of unbranched alkanes of at least 4 members (excludes halogenated alkanes) is 3. The maximum atomic E-state index is 11.0. The third-order valence-electron chi connectivity index (χ3n) is 2.83. The molecule has 0 aliphatic heterocycles. The van der Waals surface area contributed by atoms with Crippen LogP contribution in [0.2, 0.25) is 0 Å². The molecular weight excluding hydrogens is 272 g/mol. The lowest BCUT2D eigenvalue weighted by Crippen LogP contribution is -2.13. The Morgan fingerprint density at radius 1 is 0.667 bits per heavy atom. The Morgan fingerprint density at radius 3 is 1.81 bits per heavy atom. The molecule has 0 fully saturated rings. The lowest BCUT2D eigenvalue weighted by atomic mass is 10.2. The van der Waals surface area contributed by atoms with Crippen LogP contribution in [0.1, 0.15) is 52.4 Å². The molecule has 0 N–H and O–H groups in total. The number of hydrogen-bond donors (Lipinski definition) is 0. The summed E-state index contributed by atoms with van der Waals surface area (Å²) in [6, 6.07) is 0. The van der Waals surface area contributed by atoms with Gasteiger partial charge in [-0.15, -0.1) is 0 Å². The predicted octanol–water partition coefficient (Wildman–Crippen LogP) is 2.96. The molecule has 0 radical (unpaired) electrons. The van der Waals surface area contributed by atoms with Crippen LogP contribution in [0.4, 0.5) is 0 Å². The summed E-state index contributed by atoms with van der Waals surface area (Å²) in [6.07, 6.45) is 6.20. The number of carbonyl (C=O) groups is 1. The lowest BCUT2D eigenvalue weighted by molar-refractivity contribution is -0.145. The van der Waals surface area contributed by atoms with Crippen LogP contribution in [0, 0.1) is 0 Å². The zero-order valence-electron chi connectivity index (χ0n) is 13.7. The zero-order chi connectivity index (χ0) is 15.6. The summed E-state index contributed by atoms with van der Waals surface area (Å²) in [5, 5.41) is 0. The summed E-state index contributed by atoms with van der Waals surface area (Å²) in [5.41, 5.74) is 0. The topological polar surface area (TPSA) is 54.0 Å².